The molecule has 0 fully saturated rings. The van der Waals surface area contributed by atoms with Crippen molar-refractivity contribution in [2.24, 2.45) is 0 Å². The molecule has 0 unspecified atom stereocenters. The smallest absolute Gasteiger partial charge is 0.310 e. The van der Waals surface area contributed by atoms with Gasteiger partial charge in [0.15, 0.2) is 5.75 Å². The Morgan fingerprint density at radius 1 is 1.10 bits per heavy atom. The van der Waals surface area contributed by atoms with Crippen LogP contribution in [0.2, 0.25) is 0 Å². The monoisotopic (exact) mass is 441 g/mol. The number of anilines is 1. The summed E-state index contributed by atoms with van der Waals surface area (Å²) >= 11 is 0. The predicted molar refractivity (Wildman–Crippen MR) is 118 cm³/mol. The number of nitrogens with zero attached hydrogens (tertiary/aromatic N) is 3. The molecule has 162 valence electrons. The Balaban J connectivity index is 2.06. The largest absolute Gasteiger partial charge is 0.484 e. The van der Waals surface area contributed by atoms with Gasteiger partial charge in [0.1, 0.15) is 5.82 Å². The summed E-state index contributed by atoms with van der Waals surface area (Å²) in [6.07, 6.45) is 1.23. The molecule has 0 saturated heterocycles. The summed E-state index contributed by atoms with van der Waals surface area (Å²) in [5.74, 6) is 0.332. The van der Waals surface area contributed by atoms with Crippen molar-refractivity contribution in [2.45, 2.75) is 38.3 Å². The standard InChI is InChI=1S/C22H23N3O5S/c1-16(2)30-21-14-18(9-12-20(21)25(26)27)15-24(22-6-4-5-13-23-22)31(28,29)19-10-7-17(3)8-11-19/h4-14,16H,15H2,1-3H3. The van der Waals surface area contributed by atoms with Gasteiger partial charge in [0, 0.05) is 12.3 Å². The summed E-state index contributed by atoms with van der Waals surface area (Å²) in [4.78, 5) is 15.1. The minimum absolute atomic E-state index is 0.0698. The van der Waals surface area contributed by atoms with Gasteiger partial charge in [0.25, 0.3) is 10.0 Å². The van der Waals surface area contributed by atoms with E-state index < -0.39 is 14.9 Å². The fourth-order valence-electron chi connectivity index (χ4n) is 2.95. The quantitative estimate of drug-likeness (QED) is 0.377. The van der Waals surface area contributed by atoms with Gasteiger partial charge in [0.2, 0.25) is 0 Å². The third-order valence-electron chi connectivity index (χ3n) is 4.42. The SMILES string of the molecule is Cc1ccc(S(=O)(=O)N(Cc2ccc([N+](=O)[O-])c(OC(C)C)c2)c2ccccn2)cc1. The molecular weight excluding hydrogens is 418 g/mol. The maximum Gasteiger partial charge on any atom is 0.310 e. The van der Waals surface area contributed by atoms with E-state index in [1.165, 1.54) is 28.7 Å². The maximum absolute atomic E-state index is 13.4. The van der Waals surface area contributed by atoms with Crippen molar-refractivity contribution >= 4 is 21.5 Å². The maximum atomic E-state index is 13.4. The Morgan fingerprint density at radius 3 is 2.39 bits per heavy atom. The Morgan fingerprint density at radius 2 is 1.81 bits per heavy atom. The number of hydrogen-bond acceptors (Lipinski definition) is 6. The molecule has 8 nitrogen and oxygen atoms in total. The highest BCUT2D eigenvalue weighted by atomic mass is 32.2. The summed E-state index contributed by atoms with van der Waals surface area (Å²) in [7, 11) is -3.94. The van der Waals surface area contributed by atoms with E-state index in [2.05, 4.69) is 4.98 Å². The molecule has 0 spiro atoms. The second-order valence-corrected chi connectivity index (χ2v) is 9.10. The molecule has 0 radical (unpaired) electrons. The molecule has 1 heterocycles. The van der Waals surface area contributed by atoms with Crippen molar-refractivity contribution < 1.29 is 18.1 Å². The van der Waals surface area contributed by atoms with Crippen molar-refractivity contribution in [3.05, 3.63) is 88.1 Å². The number of nitro benzene ring substituents is 1. The van der Waals surface area contributed by atoms with Crippen molar-refractivity contribution in [2.75, 3.05) is 4.31 Å². The van der Waals surface area contributed by atoms with Gasteiger partial charge >= 0.3 is 5.69 Å². The number of aryl methyl sites for hydroxylation is 1. The third kappa shape index (κ3) is 5.18. The van der Waals surface area contributed by atoms with E-state index in [0.29, 0.717) is 5.56 Å². The van der Waals surface area contributed by atoms with E-state index in [1.54, 1.807) is 56.3 Å². The fraction of sp³-hybridized carbons (Fsp3) is 0.227. The number of benzene rings is 2. The number of sulfonamides is 1. The zero-order valence-electron chi connectivity index (χ0n) is 17.4. The third-order valence-corrected chi connectivity index (χ3v) is 6.19. The van der Waals surface area contributed by atoms with Gasteiger partial charge in [-0.15, -0.1) is 0 Å². The lowest BCUT2D eigenvalue weighted by Crippen LogP contribution is -2.31. The highest BCUT2D eigenvalue weighted by molar-refractivity contribution is 7.92. The average Bonchev–Trinajstić information content (AvgIpc) is 2.72. The Bertz CT molecular complexity index is 1160. The Hall–Kier alpha value is -3.46. The van der Waals surface area contributed by atoms with Crippen LogP contribution in [0.25, 0.3) is 0 Å². The molecule has 0 saturated carbocycles. The van der Waals surface area contributed by atoms with Crippen molar-refractivity contribution in [3.8, 4) is 5.75 Å². The molecule has 31 heavy (non-hydrogen) atoms. The van der Waals surface area contributed by atoms with Crippen LogP contribution in [0, 0.1) is 17.0 Å². The molecular formula is C22H23N3O5S. The highest BCUT2D eigenvalue weighted by Crippen LogP contribution is 2.31. The minimum Gasteiger partial charge on any atom is -0.484 e. The van der Waals surface area contributed by atoms with Crippen LogP contribution in [0.3, 0.4) is 0 Å². The molecule has 3 aromatic rings. The van der Waals surface area contributed by atoms with Gasteiger partial charge in [-0.1, -0.05) is 29.8 Å². The van der Waals surface area contributed by atoms with Gasteiger partial charge in [0.05, 0.1) is 22.5 Å². The first kappa shape index (κ1) is 22.2. The minimum atomic E-state index is -3.94. The lowest BCUT2D eigenvalue weighted by Gasteiger charge is -2.24. The van der Waals surface area contributed by atoms with Gasteiger partial charge in [-0.05, 0) is 56.7 Å². The van der Waals surface area contributed by atoms with E-state index in [1.807, 2.05) is 6.92 Å². The molecule has 9 heteroatoms. The average molecular weight is 442 g/mol. The number of aromatic nitrogens is 1. The first-order valence-corrected chi connectivity index (χ1v) is 11.1. The van der Waals surface area contributed by atoms with Crippen LogP contribution < -0.4 is 9.04 Å². The number of ether oxygens (including phenoxy) is 1. The molecule has 1 aromatic heterocycles. The highest BCUT2D eigenvalue weighted by Gasteiger charge is 2.27. The lowest BCUT2D eigenvalue weighted by molar-refractivity contribution is -0.386. The molecule has 2 aromatic carbocycles. The van der Waals surface area contributed by atoms with Crippen LogP contribution in [0.5, 0.6) is 5.75 Å². The second kappa shape index (κ2) is 9.13. The zero-order chi connectivity index (χ0) is 22.6. The molecule has 0 aliphatic heterocycles. The second-order valence-electron chi connectivity index (χ2n) is 7.24. The first-order valence-electron chi connectivity index (χ1n) is 9.63. The van der Waals surface area contributed by atoms with Gasteiger partial charge in [-0.2, -0.15) is 0 Å². The molecule has 3 rings (SSSR count). The fourth-order valence-corrected chi connectivity index (χ4v) is 4.36. The molecule has 0 bridgehead atoms. The van der Waals surface area contributed by atoms with E-state index in [-0.39, 0.29) is 34.8 Å². The summed E-state index contributed by atoms with van der Waals surface area (Å²) in [5, 5.41) is 11.3. The normalized spacial score (nSPS) is 11.4. The molecule has 0 atom stereocenters. The summed E-state index contributed by atoms with van der Waals surface area (Å²) < 4.78 is 33.6. The van der Waals surface area contributed by atoms with Crippen molar-refractivity contribution in [3.63, 3.8) is 0 Å². The molecule has 0 aliphatic carbocycles. The van der Waals surface area contributed by atoms with Gasteiger partial charge in [-0.25, -0.2) is 17.7 Å². The Kier molecular flexibility index (Phi) is 6.55. The van der Waals surface area contributed by atoms with Crippen molar-refractivity contribution in [1.82, 2.24) is 4.98 Å². The molecule has 0 amide bonds. The van der Waals surface area contributed by atoms with E-state index in [0.717, 1.165) is 5.56 Å². The summed E-state index contributed by atoms with van der Waals surface area (Å²) in [5.41, 5.74) is 1.29. The summed E-state index contributed by atoms with van der Waals surface area (Å²) in [6.45, 7) is 5.33. The number of pyridine rings is 1. The number of hydrogen-bond donors (Lipinski definition) is 0. The molecule has 0 aliphatic rings. The first-order chi connectivity index (χ1) is 14.7. The van der Waals surface area contributed by atoms with Crippen LogP contribution in [0.4, 0.5) is 11.5 Å². The number of rotatable bonds is 8. The van der Waals surface area contributed by atoms with E-state index in [4.69, 9.17) is 4.74 Å². The molecule has 0 N–H and O–H groups in total. The van der Waals surface area contributed by atoms with Crippen LogP contribution in [-0.2, 0) is 16.6 Å². The van der Waals surface area contributed by atoms with Crippen LogP contribution in [0.15, 0.2) is 71.8 Å². The number of nitro groups is 1. The van der Waals surface area contributed by atoms with Crippen LogP contribution in [0.1, 0.15) is 25.0 Å². The van der Waals surface area contributed by atoms with Crippen molar-refractivity contribution in [1.29, 1.82) is 0 Å². The zero-order valence-corrected chi connectivity index (χ0v) is 18.2. The van der Waals surface area contributed by atoms with E-state index >= 15 is 0 Å². The van der Waals surface area contributed by atoms with Crippen LogP contribution >= 0.6 is 0 Å². The van der Waals surface area contributed by atoms with E-state index in [9.17, 15) is 18.5 Å². The lowest BCUT2D eigenvalue weighted by atomic mass is 10.2. The van der Waals surface area contributed by atoms with Gasteiger partial charge in [-0.3, -0.25) is 10.1 Å². The summed E-state index contributed by atoms with van der Waals surface area (Å²) in [6, 6.07) is 15.9. The predicted octanol–water partition coefficient (Wildman–Crippen LogP) is 4.48. The topological polar surface area (TPSA) is 103 Å². The van der Waals surface area contributed by atoms with Crippen LogP contribution in [-0.4, -0.2) is 24.4 Å². The Labute approximate surface area is 181 Å². The van der Waals surface area contributed by atoms with Gasteiger partial charge < -0.3 is 4.74 Å².